The van der Waals surface area contributed by atoms with E-state index < -0.39 is 17.2 Å². The monoisotopic (exact) mass is 470 g/mol. The van der Waals surface area contributed by atoms with Crippen molar-refractivity contribution in [1.29, 1.82) is 0 Å². The number of fused-ring (bicyclic) bond motifs is 1. The van der Waals surface area contributed by atoms with Crippen molar-refractivity contribution >= 4 is 39.8 Å². The van der Waals surface area contributed by atoms with Gasteiger partial charge in [0, 0.05) is 11.4 Å². The molecule has 0 spiro atoms. The fourth-order valence-corrected chi connectivity index (χ4v) is 4.56. The summed E-state index contributed by atoms with van der Waals surface area (Å²) in [5.74, 6) is -0.684. The molecule has 0 fully saturated rings. The zero-order chi connectivity index (χ0) is 23.0. The summed E-state index contributed by atoms with van der Waals surface area (Å²) in [6, 6.07) is 14.4. The molecule has 2 N–H and O–H groups in total. The summed E-state index contributed by atoms with van der Waals surface area (Å²) >= 11 is 7.21. The first-order chi connectivity index (χ1) is 15.3. The van der Waals surface area contributed by atoms with Gasteiger partial charge in [-0.05, 0) is 23.6 Å². The maximum Gasteiger partial charge on any atom is 0.346 e. The zero-order valence-electron chi connectivity index (χ0n) is 17.2. The van der Waals surface area contributed by atoms with Crippen molar-refractivity contribution in [3.05, 3.63) is 90.2 Å². The highest BCUT2D eigenvalue weighted by atomic mass is 35.5. The van der Waals surface area contributed by atoms with E-state index in [-0.39, 0.29) is 38.5 Å². The molecule has 0 aliphatic rings. The van der Waals surface area contributed by atoms with Crippen LogP contribution in [0.3, 0.4) is 0 Å². The molecule has 4 aromatic rings. The molecule has 2 aromatic carbocycles. The van der Waals surface area contributed by atoms with Crippen molar-refractivity contribution in [3.8, 4) is 11.4 Å². The number of carbonyl (C=O) groups is 1. The Kier molecular flexibility index (Phi) is 5.90. The summed E-state index contributed by atoms with van der Waals surface area (Å²) in [6.07, 6.45) is -0.266. The Labute approximate surface area is 191 Å². The van der Waals surface area contributed by atoms with Gasteiger partial charge in [-0.25, -0.2) is 14.2 Å². The first-order valence-corrected chi connectivity index (χ1v) is 11.0. The van der Waals surface area contributed by atoms with E-state index in [1.165, 1.54) is 17.5 Å². The van der Waals surface area contributed by atoms with E-state index in [4.69, 9.17) is 16.3 Å². The SMILES string of the molecule is CC(C)C(Oc1ccc(Cl)c(-n2c(=O)[nH]c3csc(C(=O)O)c3c2=O)c1)c1ccccc1. The molecule has 0 bridgehead atoms. The van der Waals surface area contributed by atoms with Crippen LogP contribution < -0.4 is 16.0 Å². The molecule has 9 heteroatoms. The highest BCUT2D eigenvalue weighted by molar-refractivity contribution is 7.13. The van der Waals surface area contributed by atoms with Gasteiger partial charge in [0.05, 0.1) is 21.6 Å². The molecule has 2 heterocycles. The molecular formula is C23H19ClN2O5S. The first kappa shape index (κ1) is 21.9. The second kappa shape index (κ2) is 8.64. The predicted octanol–water partition coefficient (Wildman–Crippen LogP) is 4.87. The third kappa shape index (κ3) is 3.94. The molecule has 0 saturated heterocycles. The van der Waals surface area contributed by atoms with Crippen molar-refractivity contribution in [1.82, 2.24) is 9.55 Å². The predicted molar refractivity (Wildman–Crippen MR) is 125 cm³/mol. The van der Waals surface area contributed by atoms with Crippen LogP contribution in [0.5, 0.6) is 5.75 Å². The lowest BCUT2D eigenvalue weighted by molar-refractivity contribution is 0.0704. The van der Waals surface area contributed by atoms with Crippen LogP contribution in [0.1, 0.15) is 35.2 Å². The largest absolute Gasteiger partial charge is 0.485 e. The molecule has 0 aliphatic heterocycles. The Morgan fingerprint density at radius 2 is 1.88 bits per heavy atom. The number of hydrogen-bond donors (Lipinski definition) is 2. The van der Waals surface area contributed by atoms with Gasteiger partial charge < -0.3 is 14.8 Å². The molecule has 0 radical (unpaired) electrons. The van der Waals surface area contributed by atoms with E-state index >= 15 is 0 Å². The van der Waals surface area contributed by atoms with Gasteiger partial charge in [0.15, 0.2) is 0 Å². The smallest absolute Gasteiger partial charge is 0.346 e. The van der Waals surface area contributed by atoms with E-state index in [0.29, 0.717) is 5.75 Å². The second-order valence-corrected chi connectivity index (χ2v) is 8.82. The number of nitrogens with one attached hydrogen (secondary N) is 1. The van der Waals surface area contributed by atoms with Crippen LogP contribution in [0.4, 0.5) is 0 Å². The van der Waals surface area contributed by atoms with Crippen LogP contribution >= 0.6 is 22.9 Å². The second-order valence-electron chi connectivity index (χ2n) is 7.54. The molecular weight excluding hydrogens is 452 g/mol. The fraction of sp³-hybridized carbons (Fsp3) is 0.174. The lowest BCUT2D eigenvalue weighted by Crippen LogP contribution is -2.34. The molecule has 4 rings (SSSR count). The average molecular weight is 471 g/mol. The minimum Gasteiger partial charge on any atom is -0.485 e. The number of nitrogens with zero attached hydrogens (tertiary/aromatic N) is 1. The summed E-state index contributed by atoms with van der Waals surface area (Å²) in [7, 11) is 0. The third-order valence-electron chi connectivity index (χ3n) is 5.00. The maximum absolute atomic E-state index is 13.1. The van der Waals surface area contributed by atoms with Gasteiger partial charge in [-0.3, -0.25) is 4.79 Å². The van der Waals surface area contributed by atoms with E-state index in [1.807, 2.05) is 44.2 Å². The van der Waals surface area contributed by atoms with Gasteiger partial charge in [0.1, 0.15) is 16.7 Å². The number of hydrogen-bond acceptors (Lipinski definition) is 5. The van der Waals surface area contributed by atoms with Gasteiger partial charge in [0.25, 0.3) is 5.56 Å². The molecule has 32 heavy (non-hydrogen) atoms. The summed E-state index contributed by atoms with van der Waals surface area (Å²) in [4.78, 5) is 39.8. The van der Waals surface area contributed by atoms with Gasteiger partial charge in [-0.15, -0.1) is 11.3 Å². The van der Waals surface area contributed by atoms with Gasteiger partial charge in [0.2, 0.25) is 0 Å². The van der Waals surface area contributed by atoms with Crippen LogP contribution in [0.25, 0.3) is 16.6 Å². The number of carboxylic acids is 1. The number of aromatic amines is 1. The third-order valence-corrected chi connectivity index (χ3v) is 6.29. The van der Waals surface area contributed by atoms with Crippen LogP contribution in [-0.4, -0.2) is 20.6 Å². The van der Waals surface area contributed by atoms with Crippen LogP contribution in [0.15, 0.2) is 63.5 Å². The lowest BCUT2D eigenvalue weighted by Gasteiger charge is -2.23. The van der Waals surface area contributed by atoms with Crippen molar-refractivity contribution in [2.75, 3.05) is 0 Å². The van der Waals surface area contributed by atoms with Crippen LogP contribution in [-0.2, 0) is 0 Å². The van der Waals surface area contributed by atoms with Crippen molar-refractivity contribution in [3.63, 3.8) is 0 Å². The van der Waals surface area contributed by atoms with Crippen molar-refractivity contribution < 1.29 is 14.6 Å². The summed E-state index contributed by atoms with van der Waals surface area (Å²) in [5.41, 5.74) is -0.217. The number of H-pyrrole nitrogens is 1. The van der Waals surface area contributed by atoms with E-state index in [0.717, 1.165) is 21.5 Å². The van der Waals surface area contributed by atoms with Crippen molar-refractivity contribution in [2.45, 2.75) is 20.0 Å². The number of halogens is 1. The van der Waals surface area contributed by atoms with E-state index in [1.54, 1.807) is 6.07 Å². The minimum absolute atomic E-state index is 0.0752. The quantitative estimate of drug-likeness (QED) is 0.418. The number of benzene rings is 2. The summed E-state index contributed by atoms with van der Waals surface area (Å²) < 4.78 is 7.05. The Hall–Kier alpha value is -3.36. The fourth-order valence-electron chi connectivity index (χ4n) is 3.53. The maximum atomic E-state index is 13.1. The lowest BCUT2D eigenvalue weighted by atomic mass is 9.99. The molecule has 1 unspecified atom stereocenters. The normalized spacial score (nSPS) is 12.2. The first-order valence-electron chi connectivity index (χ1n) is 9.79. The van der Waals surface area contributed by atoms with Crippen LogP contribution in [0, 0.1) is 5.92 Å². The summed E-state index contributed by atoms with van der Waals surface area (Å²) in [5, 5.41) is 10.9. The minimum atomic E-state index is -1.24. The Morgan fingerprint density at radius 1 is 1.16 bits per heavy atom. The molecule has 2 aromatic heterocycles. The molecule has 0 saturated carbocycles. The number of thiophene rings is 1. The molecule has 7 nitrogen and oxygen atoms in total. The number of rotatable bonds is 6. The van der Waals surface area contributed by atoms with Gasteiger partial charge in [-0.2, -0.15) is 0 Å². The highest BCUT2D eigenvalue weighted by Gasteiger charge is 2.22. The molecule has 0 amide bonds. The highest BCUT2D eigenvalue weighted by Crippen LogP contribution is 2.31. The van der Waals surface area contributed by atoms with E-state index in [2.05, 4.69) is 4.98 Å². The van der Waals surface area contributed by atoms with E-state index in [9.17, 15) is 19.5 Å². The Bertz CT molecular complexity index is 1420. The molecule has 1 atom stereocenters. The standard InChI is InChI=1S/C23H19ClN2O5S/c1-12(2)19(13-6-4-3-5-7-13)31-14-8-9-15(24)17(10-14)26-21(27)18-16(25-23(26)30)11-32-20(18)22(28)29/h3-12,19H,1-2H3,(H,25,30)(H,28,29). The molecule has 0 aliphatic carbocycles. The van der Waals surface area contributed by atoms with Crippen LogP contribution in [0.2, 0.25) is 5.02 Å². The number of aromatic nitrogens is 2. The van der Waals surface area contributed by atoms with Gasteiger partial charge in [-0.1, -0.05) is 55.8 Å². The number of carboxylic acid groups (broad SMARTS) is 1. The number of aromatic carboxylic acids is 1. The Morgan fingerprint density at radius 3 is 2.53 bits per heavy atom. The Balaban J connectivity index is 1.84. The number of ether oxygens (including phenoxy) is 1. The topological polar surface area (TPSA) is 101 Å². The summed E-state index contributed by atoms with van der Waals surface area (Å²) in [6.45, 7) is 4.06. The zero-order valence-corrected chi connectivity index (χ0v) is 18.7. The van der Waals surface area contributed by atoms with Gasteiger partial charge >= 0.3 is 11.7 Å². The van der Waals surface area contributed by atoms with Crippen molar-refractivity contribution in [2.24, 2.45) is 5.92 Å². The average Bonchev–Trinajstić information content (AvgIpc) is 3.18. The molecule has 164 valence electrons.